The highest BCUT2D eigenvalue weighted by atomic mass is 32.2. The predicted octanol–water partition coefficient (Wildman–Crippen LogP) is 3.77. The molecule has 1 amide bonds. The zero-order valence-corrected chi connectivity index (χ0v) is 13.6. The Bertz CT molecular complexity index is 669. The Kier molecular flexibility index (Phi) is 4.39. The third-order valence-corrected chi connectivity index (χ3v) is 4.97. The minimum Gasteiger partial charge on any atom is -0.497 e. The molecule has 0 saturated heterocycles. The number of ether oxygens (including phenoxy) is 1. The third-order valence-electron chi connectivity index (χ3n) is 3.87. The first-order valence-electron chi connectivity index (χ1n) is 7.39. The number of carbonyl (C=O) groups excluding carboxylic acids is 1. The molecule has 0 radical (unpaired) electrons. The molecule has 0 aromatic heterocycles. The van der Waals surface area contributed by atoms with Crippen molar-refractivity contribution in [2.75, 3.05) is 18.6 Å². The first-order valence-corrected chi connectivity index (χ1v) is 8.27. The highest BCUT2D eigenvalue weighted by molar-refractivity contribution is 8.00. The van der Waals surface area contributed by atoms with Crippen LogP contribution in [-0.4, -0.2) is 24.8 Å². The van der Waals surface area contributed by atoms with Crippen LogP contribution in [0, 0.1) is 0 Å². The van der Waals surface area contributed by atoms with Crippen molar-refractivity contribution in [3.63, 3.8) is 0 Å². The summed E-state index contributed by atoms with van der Waals surface area (Å²) in [6, 6.07) is 16.0. The summed E-state index contributed by atoms with van der Waals surface area (Å²) in [7, 11) is 1.65. The average molecular weight is 313 g/mol. The van der Waals surface area contributed by atoms with Gasteiger partial charge >= 0.3 is 0 Å². The van der Waals surface area contributed by atoms with Gasteiger partial charge in [0.05, 0.1) is 12.4 Å². The second-order valence-corrected chi connectivity index (χ2v) is 6.72. The second-order valence-electron chi connectivity index (χ2n) is 5.30. The van der Waals surface area contributed by atoms with Gasteiger partial charge in [-0.25, -0.2) is 0 Å². The summed E-state index contributed by atoms with van der Waals surface area (Å²) in [5.74, 6) is 1.00. The number of hydrogen-bond donors (Lipinski definition) is 0. The van der Waals surface area contributed by atoms with Gasteiger partial charge in [-0.2, -0.15) is 0 Å². The normalized spacial score (nSPS) is 14.5. The summed E-state index contributed by atoms with van der Waals surface area (Å²) in [5.41, 5.74) is 2.33. The lowest BCUT2D eigenvalue weighted by Gasteiger charge is -2.21. The van der Waals surface area contributed by atoms with Crippen LogP contribution in [0.3, 0.4) is 0 Å². The number of amides is 1. The van der Waals surface area contributed by atoms with Crippen LogP contribution in [-0.2, 0) is 11.2 Å². The maximum absolute atomic E-state index is 12.7. The lowest BCUT2D eigenvalue weighted by atomic mass is 10.2. The molecule has 0 spiro atoms. The van der Waals surface area contributed by atoms with Gasteiger partial charge in [-0.1, -0.05) is 18.2 Å². The molecular weight excluding hydrogens is 294 g/mol. The Hall–Kier alpha value is -1.94. The van der Waals surface area contributed by atoms with Gasteiger partial charge in [-0.05, 0) is 49.2 Å². The molecule has 3 rings (SSSR count). The summed E-state index contributed by atoms with van der Waals surface area (Å²) in [6.45, 7) is 2.75. The summed E-state index contributed by atoms with van der Waals surface area (Å²) in [5, 5.41) is -0.112. The summed E-state index contributed by atoms with van der Waals surface area (Å²) < 4.78 is 5.16. The molecule has 22 heavy (non-hydrogen) atoms. The van der Waals surface area contributed by atoms with E-state index in [-0.39, 0.29) is 11.2 Å². The van der Waals surface area contributed by atoms with Crippen molar-refractivity contribution >= 4 is 23.4 Å². The minimum atomic E-state index is -0.112. The molecule has 0 unspecified atom stereocenters. The maximum atomic E-state index is 12.7. The molecule has 1 aliphatic heterocycles. The summed E-state index contributed by atoms with van der Waals surface area (Å²) in [4.78, 5) is 15.7. The van der Waals surface area contributed by atoms with E-state index in [0.717, 1.165) is 29.3 Å². The van der Waals surface area contributed by atoms with E-state index in [1.54, 1.807) is 18.9 Å². The fraction of sp³-hybridized carbons (Fsp3) is 0.278. The highest BCUT2D eigenvalue weighted by Crippen LogP contribution is 2.32. The Morgan fingerprint density at radius 2 is 1.91 bits per heavy atom. The number of para-hydroxylation sites is 1. The van der Waals surface area contributed by atoms with E-state index >= 15 is 0 Å². The van der Waals surface area contributed by atoms with Crippen LogP contribution in [0.25, 0.3) is 0 Å². The fourth-order valence-corrected chi connectivity index (χ4v) is 3.62. The van der Waals surface area contributed by atoms with Crippen molar-refractivity contribution in [1.29, 1.82) is 0 Å². The Labute approximate surface area is 135 Å². The molecule has 0 fully saturated rings. The Balaban J connectivity index is 1.70. The molecule has 0 bridgehead atoms. The van der Waals surface area contributed by atoms with Crippen LogP contribution < -0.4 is 9.64 Å². The van der Waals surface area contributed by atoms with Crippen LogP contribution in [0.15, 0.2) is 53.4 Å². The number of carbonyl (C=O) groups is 1. The third kappa shape index (κ3) is 2.97. The van der Waals surface area contributed by atoms with Gasteiger partial charge in [0.1, 0.15) is 5.75 Å². The number of nitrogens with zero attached hydrogens (tertiary/aromatic N) is 1. The monoisotopic (exact) mass is 313 g/mol. The Morgan fingerprint density at radius 3 is 2.64 bits per heavy atom. The summed E-state index contributed by atoms with van der Waals surface area (Å²) in [6.07, 6.45) is 0.946. The molecule has 1 heterocycles. The predicted molar refractivity (Wildman–Crippen MR) is 90.8 cm³/mol. The quantitative estimate of drug-likeness (QED) is 0.805. The van der Waals surface area contributed by atoms with E-state index in [1.165, 1.54) is 5.56 Å². The van der Waals surface area contributed by atoms with Gasteiger partial charge in [0.25, 0.3) is 0 Å². The van der Waals surface area contributed by atoms with Gasteiger partial charge < -0.3 is 9.64 Å². The number of anilines is 1. The van der Waals surface area contributed by atoms with E-state index in [0.29, 0.717) is 0 Å². The standard InChI is InChI=1S/C18H19NO2S/c1-13(22-16-9-7-15(21-2)8-10-16)18(20)19-12-11-14-5-3-4-6-17(14)19/h3-10,13H,11-12H2,1-2H3/t13-/m1/s1. The molecule has 0 saturated carbocycles. The number of thioether (sulfide) groups is 1. The van der Waals surface area contributed by atoms with E-state index in [9.17, 15) is 4.79 Å². The van der Waals surface area contributed by atoms with Crippen LogP contribution in [0.5, 0.6) is 5.75 Å². The van der Waals surface area contributed by atoms with Crippen molar-refractivity contribution in [3.8, 4) is 5.75 Å². The molecule has 4 heteroatoms. The van der Waals surface area contributed by atoms with Crippen molar-refractivity contribution in [3.05, 3.63) is 54.1 Å². The zero-order valence-electron chi connectivity index (χ0n) is 12.8. The van der Waals surface area contributed by atoms with Crippen molar-refractivity contribution in [2.24, 2.45) is 0 Å². The molecule has 3 nitrogen and oxygen atoms in total. The van der Waals surface area contributed by atoms with Gasteiger partial charge in [0.15, 0.2) is 0 Å². The molecule has 1 aliphatic rings. The second kappa shape index (κ2) is 6.44. The molecular formula is C18H19NO2S. The molecule has 0 N–H and O–H groups in total. The number of benzene rings is 2. The Morgan fingerprint density at radius 1 is 1.18 bits per heavy atom. The molecule has 2 aromatic carbocycles. The van der Waals surface area contributed by atoms with Crippen LogP contribution in [0.4, 0.5) is 5.69 Å². The van der Waals surface area contributed by atoms with Crippen molar-refractivity contribution in [2.45, 2.75) is 23.5 Å². The molecule has 0 aliphatic carbocycles. The van der Waals surface area contributed by atoms with E-state index in [1.807, 2.05) is 54.3 Å². The SMILES string of the molecule is COc1ccc(S[C@H](C)C(=O)N2CCc3ccccc32)cc1. The van der Waals surface area contributed by atoms with Gasteiger partial charge in [-0.15, -0.1) is 11.8 Å². The smallest absolute Gasteiger partial charge is 0.240 e. The lowest BCUT2D eigenvalue weighted by molar-refractivity contribution is -0.117. The number of methoxy groups -OCH3 is 1. The lowest BCUT2D eigenvalue weighted by Crippen LogP contribution is -2.35. The van der Waals surface area contributed by atoms with Crippen LogP contribution >= 0.6 is 11.8 Å². The number of hydrogen-bond acceptors (Lipinski definition) is 3. The van der Waals surface area contributed by atoms with E-state index in [2.05, 4.69) is 6.07 Å². The number of rotatable bonds is 4. The maximum Gasteiger partial charge on any atom is 0.240 e. The van der Waals surface area contributed by atoms with Gasteiger partial charge in [0, 0.05) is 17.1 Å². The first-order chi connectivity index (χ1) is 10.7. The topological polar surface area (TPSA) is 29.5 Å². The van der Waals surface area contributed by atoms with Crippen molar-refractivity contribution < 1.29 is 9.53 Å². The van der Waals surface area contributed by atoms with E-state index in [4.69, 9.17) is 4.74 Å². The highest BCUT2D eigenvalue weighted by Gasteiger charge is 2.28. The van der Waals surface area contributed by atoms with Gasteiger partial charge in [-0.3, -0.25) is 4.79 Å². The van der Waals surface area contributed by atoms with Gasteiger partial charge in [0.2, 0.25) is 5.91 Å². The number of fused-ring (bicyclic) bond motifs is 1. The van der Waals surface area contributed by atoms with E-state index < -0.39 is 0 Å². The summed E-state index contributed by atoms with van der Waals surface area (Å²) >= 11 is 1.59. The molecule has 114 valence electrons. The minimum absolute atomic E-state index is 0.112. The largest absolute Gasteiger partial charge is 0.497 e. The average Bonchev–Trinajstić information content (AvgIpc) is 2.99. The van der Waals surface area contributed by atoms with Crippen LogP contribution in [0.1, 0.15) is 12.5 Å². The molecule has 2 aromatic rings. The zero-order chi connectivity index (χ0) is 15.5. The fourth-order valence-electron chi connectivity index (χ4n) is 2.70. The van der Waals surface area contributed by atoms with Crippen molar-refractivity contribution in [1.82, 2.24) is 0 Å². The first kappa shape index (κ1) is 15.0. The molecule has 1 atom stereocenters. The van der Waals surface area contributed by atoms with Crippen LogP contribution in [0.2, 0.25) is 0 Å².